The van der Waals surface area contributed by atoms with E-state index in [1.54, 1.807) is 6.92 Å². The van der Waals surface area contributed by atoms with E-state index in [9.17, 15) is 17.6 Å². The number of ether oxygens (including phenoxy) is 1. The second-order valence-electron chi connectivity index (χ2n) is 3.82. The van der Waals surface area contributed by atoms with Crippen LogP contribution in [0.2, 0.25) is 0 Å². The number of aliphatic hydroxyl groups is 1. The molecule has 1 aromatic rings. The van der Waals surface area contributed by atoms with Gasteiger partial charge in [-0.05, 0) is 25.1 Å². The largest absolute Gasteiger partial charge is 0.465 e. The van der Waals surface area contributed by atoms with Crippen molar-refractivity contribution in [1.29, 1.82) is 0 Å². The summed E-state index contributed by atoms with van der Waals surface area (Å²) in [4.78, 5) is 11.1. The molecule has 6 nitrogen and oxygen atoms in total. The molecule has 0 amide bonds. The summed E-state index contributed by atoms with van der Waals surface area (Å²) in [5.74, 6) is 2.16. The zero-order valence-electron chi connectivity index (χ0n) is 11.2. The molecule has 114 valence electrons. The number of hydrogen-bond donors (Lipinski definition) is 2. The van der Waals surface area contributed by atoms with Gasteiger partial charge < -0.3 is 9.84 Å². The summed E-state index contributed by atoms with van der Waals surface area (Å²) >= 11 is 0. The van der Waals surface area contributed by atoms with Gasteiger partial charge >= 0.3 is 5.97 Å². The Morgan fingerprint density at radius 3 is 2.76 bits per heavy atom. The minimum atomic E-state index is -4.05. The van der Waals surface area contributed by atoms with Crippen LogP contribution in [-0.4, -0.2) is 38.5 Å². The summed E-state index contributed by atoms with van der Waals surface area (Å²) < 4.78 is 43.5. The maximum Gasteiger partial charge on any atom is 0.323 e. The number of carbonyl (C=O) groups excluding carboxylic acids is 1. The molecule has 0 aliphatic rings. The molecule has 0 fully saturated rings. The molecule has 0 spiro atoms. The zero-order chi connectivity index (χ0) is 15.9. The highest BCUT2D eigenvalue weighted by Gasteiger charge is 2.19. The quantitative estimate of drug-likeness (QED) is 0.609. The van der Waals surface area contributed by atoms with Crippen LogP contribution in [0.15, 0.2) is 18.2 Å². The number of sulfonamides is 1. The van der Waals surface area contributed by atoms with Crippen LogP contribution in [0, 0.1) is 17.7 Å². The highest BCUT2D eigenvalue weighted by molar-refractivity contribution is 7.93. The maximum atomic E-state index is 13.7. The first-order valence-electron chi connectivity index (χ1n) is 5.93. The Morgan fingerprint density at radius 1 is 1.48 bits per heavy atom. The smallest absolute Gasteiger partial charge is 0.323 e. The van der Waals surface area contributed by atoms with E-state index in [0.717, 1.165) is 6.07 Å². The van der Waals surface area contributed by atoms with E-state index in [0.29, 0.717) is 0 Å². The highest BCUT2D eigenvalue weighted by Crippen LogP contribution is 2.17. The molecule has 0 heterocycles. The molecule has 0 aromatic heterocycles. The number of esters is 1. The fourth-order valence-electron chi connectivity index (χ4n) is 1.38. The maximum absolute atomic E-state index is 13.7. The monoisotopic (exact) mass is 315 g/mol. The van der Waals surface area contributed by atoms with Gasteiger partial charge in [-0.3, -0.25) is 9.52 Å². The molecule has 0 saturated carbocycles. The van der Waals surface area contributed by atoms with Crippen molar-refractivity contribution in [2.75, 3.05) is 23.7 Å². The average molecular weight is 315 g/mol. The molecular weight excluding hydrogens is 301 g/mol. The zero-order valence-corrected chi connectivity index (χ0v) is 12.0. The molecule has 0 saturated heterocycles. The molecule has 1 aromatic carbocycles. The number of rotatable bonds is 5. The molecule has 2 N–H and O–H groups in total. The molecule has 21 heavy (non-hydrogen) atoms. The van der Waals surface area contributed by atoms with Crippen LogP contribution in [-0.2, 0) is 19.6 Å². The standard InChI is InChI=1S/C13H14FNO5S/c1-2-20-13(17)9-21(18,19)15-12-6-5-10(4-3-7-16)8-11(12)14/h5-6,8,15-16H,2,7,9H2,1H3. The van der Waals surface area contributed by atoms with Crippen molar-refractivity contribution in [2.24, 2.45) is 0 Å². The summed E-state index contributed by atoms with van der Waals surface area (Å²) in [6.45, 7) is 1.24. The molecule has 0 aliphatic carbocycles. The van der Waals surface area contributed by atoms with Gasteiger partial charge in [0.25, 0.3) is 0 Å². The SMILES string of the molecule is CCOC(=O)CS(=O)(=O)Nc1ccc(C#CCO)cc1F. The summed E-state index contributed by atoms with van der Waals surface area (Å²) in [6, 6.07) is 3.58. The minimum absolute atomic E-state index is 0.0565. The van der Waals surface area contributed by atoms with Gasteiger partial charge in [0, 0.05) is 5.56 Å². The van der Waals surface area contributed by atoms with Crippen molar-refractivity contribution >= 4 is 21.7 Å². The Bertz CT molecular complexity index is 676. The molecule has 0 radical (unpaired) electrons. The molecule has 0 atom stereocenters. The first-order valence-corrected chi connectivity index (χ1v) is 7.58. The van der Waals surface area contributed by atoms with E-state index in [4.69, 9.17) is 5.11 Å². The predicted molar refractivity (Wildman–Crippen MR) is 74.4 cm³/mol. The van der Waals surface area contributed by atoms with Gasteiger partial charge in [0.15, 0.2) is 5.75 Å². The number of carbonyl (C=O) groups is 1. The lowest BCUT2D eigenvalue weighted by atomic mass is 10.2. The number of aliphatic hydroxyl groups excluding tert-OH is 1. The van der Waals surface area contributed by atoms with Crippen molar-refractivity contribution in [1.82, 2.24) is 0 Å². The normalized spacial score (nSPS) is 10.4. The Balaban J connectivity index is 2.85. The van der Waals surface area contributed by atoms with Gasteiger partial charge in [-0.15, -0.1) is 0 Å². The lowest BCUT2D eigenvalue weighted by molar-refractivity contribution is -0.139. The number of hydrogen-bond acceptors (Lipinski definition) is 5. The van der Waals surface area contributed by atoms with Gasteiger partial charge in [-0.2, -0.15) is 0 Å². The van der Waals surface area contributed by atoms with Gasteiger partial charge in [0.1, 0.15) is 12.4 Å². The lowest BCUT2D eigenvalue weighted by Crippen LogP contribution is -2.24. The second-order valence-corrected chi connectivity index (χ2v) is 5.54. The third kappa shape index (κ3) is 5.81. The van der Waals surface area contributed by atoms with Crippen molar-refractivity contribution in [3.63, 3.8) is 0 Å². The van der Waals surface area contributed by atoms with Crippen molar-refractivity contribution < 1.29 is 27.4 Å². The molecule has 0 bridgehead atoms. The topological polar surface area (TPSA) is 92.7 Å². The molecule has 1 rings (SSSR count). The van der Waals surface area contributed by atoms with Crippen molar-refractivity contribution in [3.8, 4) is 11.8 Å². The first-order chi connectivity index (χ1) is 9.88. The van der Waals surface area contributed by atoms with Crippen LogP contribution >= 0.6 is 0 Å². The first kappa shape index (κ1) is 16.9. The highest BCUT2D eigenvalue weighted by atomic mass is 32.2. The third-order valence-electron chi connectivity index (χ3n) is 2.16. The van der Waals surface area contributed by atoms with Crippen LogP contribution < -0.4 is 4.72 Å². The Labute approximate surface area is 122 Å². The average Bonchev–Trinajstić information content (AvgIpc) is 2.38. The Hall–Kier alpha value is -2.11. The molecule has 8 heteroatoms. The van der Waals surface area contributed by atoms with Crippen molar-refractivity contribution in [2.45, 2.75) is 6.92 Å². The van der Waals surface area contributed by atoms with E-state index in [2.05, 4.69) is 16.6 Å². The number of benzene rings is 1. The van der Waals surface area contributed by atoms with Crippen molar-refractivity contribution in [3.05, 3.63) is 29.6 Å². The molecule has 0 aliphatic heterocycles. The predicted octanol–water partition coefficient (Wildman–Crippen LogP) is 0.474. The van der Waals surface area contributed by atoms with Gasteiger partial charge in [-0.25, -0.2) is 12.8 Å². The third-order valence-corrected chi connectivity index (χ3v) is 3.31. The minimum Gasteiger partial charge on any atom is -0.465 e. The van der Waals surface area contributed by atoms with Crippen LogP contribution in [0.4, 0.5) is 10.1 Å². The van der Waals surface area contributed by atoms with E-state index in [1.165, 1.54) is 12.1 Å². The van der Waals surface area contributed by atoms with E-state index in [1.807, 2.05) is 4.72 Å². The van der Waals surface area contributed by atoms with E-state index in [-0.39, 0.29) is 24.5 Å². The number of halogens is 1. The van der Waals surface area contributed by atoms with E-state index >= 15 is 0 Å². The fraction of sp³-hybridized carbons (Fsp3) is 0.308. The van der Waals surface area contributed by atoms with E-state index < -0.39 is 27.6 Å². The number of anilines is 1. The summed E-state index contributed by atoms with van der Waals surface area (Å²) in [6.07, 6.45) is 0. The van der Waals surface area contributed by atoms with Gasteiger partial charge in [0.05, 0.1) is 12.3 Å². The molecule has 0 unspecified atom stereocenters. The van der Waals surface area contributed by atoms with Crippen LogP contribution in [0.3, 0.4) is 0 Å². The van der Waals surface area contributed by atoms with Gasteiger partial charge in [0.2, 0.25) is 10.0 Å². The Morgan fingerprint density at radius 2 is 2.19 bits per heavy atom. The van der Waals surface area contributed by atoms with Crippen LogP contribution in [0.5, 0.6) is 0 Å². The fourth-order valence-corrected chi connectivity index (χ4v) is 2.35. The summed E-state index contributed by atoms with van der Waals surface area (Å²) in [5, 5.41) is 8.53. The molecular formula is C13H14FNO5S. The summed E-state index contributed by atoms with van der Waals surface area (Å²) in [7, 11) is -4.05. The second kappa shape index (κ2) is 7.61. The lowest BCUT2D eigenvalue weighted by Gasteiger charge is -2.08. The van der Waals surface area contributed by atoms with Gasteiger partial charge in [-0.1, -0.05) is 11.8 Å². The Kier molecular flexibility index (Phi) is 6.14. The van der Waals surface area contributed by atoms with Crippen LogP contribution in [0.25, 0.3) is 0 Å². The summed E-state index contributed by atoms with van der Waals surface area (Å²) in [5.41, 5.74) is -0.0104. The van der Waals surface area contributed by atoms with Crippen LogP contribution in [0.1, 0.15) is 12.5 Å². The number of nitrogens with one attached hydrogen (secondary N) is 1.